The lowest BCUT2D eigenvalue weighted by atomic mass is 9.78. The first kappa shape index (κ1) is 15.9. The van der Waals surface area contributed by atoms with Crippen LogP contribution < -0.4 is 9.04 Å². The van der Waals surface area contributed by atoms with Gasteiger partial charge in [0.05, 0.1) is 17.7 Å². The first-order chi connectivity index (χ1) is 10.9. The Morgan fingerprint density at radius 2 is 1.70 bits per heavy atom. The Labute approximate surface area is 137 Å². The van der Waals surface area contributed by atoms with Crippen molar-refractivity contribution in [2.24, 2.45) is 0 Å². The van der Waals surface area contributed by atoms with E-state index in [-0.39, 0.29) is 10.3 Å². The fraction of sp³-hybridized carbons (Fsp3) is 0.333. The Morgan fingerprint density at radius 1 is 1.04 bits per heavy atom. The molecule has 0 atom stereocenters. The summed E-state index contributed by atoms with van der Waals surface area (Å²) in [7, 11) is -2.01. The van der Waals surface area contributed by atoms with Gasteiger partial charge >= 0.3 is 0 Å². The average molecular weight is 331 g/mol. The summed E-state index contributed by atoms with van der Waals surface area (Å²) in [6.45, 7) is 4.80. The van der Waals surface area contributed by atoms with Gasteiger partial charge in [-0.2, -0.15) is 0 Å². The molecule has 0 amide bonds. The molecule has 0 unspecified atom stereocenters. The van der Waals surface area contributed by atoms with E-state index in [9.17, 15) is 8.42 Å². The zero-order chi connectivity index (χ0) is 16.7. The Bertz CT molecular complexity index is 810. The molecule has 0 aromatic heterocycles. The molecule has 1 heterocycles. The Balaban J connectivity index is 2.07. The smallest absolute Gasteiger partial charge is 0.264 e. The van der Waals surface area contributed by atoms with Gasteiger partial charge < -0.3 is 4.74 Å². The van der Waals surface area contributed by atoms with E-state index in [1.54, 1.807) is 31.4 Å². The van der Waals surface area contributed by atoms with E-state index in [2.05, 4.69) is 13.8 Å². The molecule has 122 valence electrons. The van der Waals surface area contributed by atoms with Crippen molar-refractivity contribution in [1.82, 2.24) is 0 Å². The van der Waals surface area contributed by atoms with Crippen molar-refractivity contribution in [3.05, 3.63) is 54.1 Å². The van der Waals surface area contributed by atoms with Crippen molar-refractivity contribution in [3.63, 3.8) is 0 Å². The summed E-state index contributed by atoms with van der Waals surface area (Å²) in [5.74, 6) is 0.643. The highest BCUT2D eigenvalue weighted by Gasteiger charge is 2.36. The first-order valence-corrected chi connectivity index (χ1v) is 9.06. The molecule has 0 spiro atoms. The molecular formula is C18H21NO3S. The third kappa shape index (κ3) is 2.70. The molecule has 0 aliphatic carbocycles. The minimum atomic E-state index is -3.57. The highest BCUT2D eigenvalue weighted by Crippen LogP contribution is 2.41. The van der Waals surface area contributed by atoms with Gasteiger partial charge in [0, 0.05) is 6.54 Å². The largest absolute Gasteiger partial charge is 0.497 e. The highest BCUT2D eigenvalue weighted by molar-refractivity contribution is 7.92. The quantitative estimate of drug-likeness (QED) is 0.864. The normalized spacial score (nSPS) is 16.7. The van der Waals surface area contributed by atoms with Gasteiger partial charge in [-0.25, -0.2) is 8.42 Å². The van der Waals surface area contributed by atoms with E-state index in [1.807, 2.05) is 24.3 Å². The van der Waals surface area contributed by atoms with E-state index in [0.717, 1.165) is 17.7 Å². The molecule has 2 aromatic rings. The number of rotatable bonds is 3. The number of ether oxygens (including phenoxy) is 1. The maximum atomic E-state index is 13.0. The predicted molar refractivity (Wildman–Crippen MR) is 91.6 cm³/mol. The zero-order valence-electron chi connectivity index (χ0n) is 13.6. The van der Waals surface area contributed by atoms with Gasteiger partial charge in [-0.05, 0) is 47.7 Å². The SMILES string of the molecule is COc1ccc(S(=O)(=O)N2CCC(C)(C)c3ccccc32)cc1. The van der Waals surface area contributed by atoms with Gasteiger partial charge in [0.15, 0.2) is 0 Å². The molecule has 0 radical (unpaired) electrons. The molecule has 2 aromatic carbocycles. The minimum absolute atomic E-state index is 0.0253. The van der Waals surface area contributed by atoms with Crippen molar-refractivity contribution in [2.45, 2.75) is 30.6 Å². The van der Waals surface area contributed by atoms with Crippen LogP contribution in [0.25, 0.3) is 0 Å². The minimum Gasteiger partial charge on any atom is -0.497 e. The molecule has 0 saturated carbocycles. The monoisotopic (exact) mass is 331 g/mol. The number of sulfonamides is 1. The molecule has 0 bridgehead atoms. The van der Waals surface area contributed by atoms with Crippen molar-refractivity contribution in [3.8, 4) is 5.75 Å². The van der Waals surface area contributed by atoms with Crippen molar-refractivity contribution < 1.29 is 13.2 Å². The molecule has 0 fully saturated rings. The van der Waals surface area contributed by atoms with Crippen LogP contribution in [-0.2, 0) is 15.4 Å². The zero-order valence-corrected chi connectivity index (χ0v) is 14.4. The maximum absolute atomic E-state index is 13.0. The molecule has 23 heavy (non-hydrogen) atoms. The topological polar surface area (TPSA) is 46.6 Å². The summed E-state index contributed by atoms with van der Waals surface area (Å²) in [5, 5.41) is 0. The summed E-state index contributed by atoms with van der Waals surface area (Å²) in [5.41, 5.74) is 1.82. The summed E-state index contributed by atoms with van der Waals surface area (Å²) in [6, 6.07) is 14.3. The van der Waals surface area contributed by atoms with Gasteiger partial charge in [-0.1, -0.05) is 32.0 Å². The molecule has 1 aliphatic rings. The highest BCUT2D eigenvalue weighted by atomic mass is 32.2. The number of hydrogen-bond acceptors (Lipinski definition) is 3. The van der Waals surface area contributed by atoms with Gasteiger partial charge in [0.1, 0.15) is 5.75 Å². The third-order valence-corrected chi connectivity index (χ3v) is 6.32. The molecule has 4 nitrogen and oxygen atoms in total. The number of nitrogens with zero attached hydrogens (tertiary/aromatic N) is 1. The number of para-hydroxylation sites is 1. The van der Waals surface area contributed by atoms with E-state index in [0.29, 0.717) is 12.3 Å². The summed E-state index contributed by atoms with van der Waals surface area (Å²) in [4.78, 5) is 0.285. The second kappa shape index (κ2) is 5.57. The Kier molecular flexibility index (Phi) is 3.84. The van der Waals surface area contributed by atoms with Crippen molar-refractivity contribution in [2.75, 3.05) is 18.0 Å². The van der Waals surface area contributed by atoms with E-state index >= 15 is 0 Å². The van der Waals surface area contributed by atoms with E-state index in [1.165, 1.54) is 4.31 Å². The average Bonchev–Trinajstić information content (AvgIpc) is 2.55. The van der Waals surface area contributed by atoms with Gasteiger partial charge in [-0.3, -0.25) is 4.31 Å². The number of benzene rings is 2. The second-order valence-electron chi connectivity index (χ2n) is 6.40. The molecule has 5 heteroatoms. The predicted octanol–water partition coefficient (Wildman–Crippen LogP) is 3.57. The number of methoxy groups -OCH3 is 1. The molecular weight excluding hydrogens is 310 g/mol. The van der Waals surface area contributed by atoms with E-state index in [4.69, 9.17) is 4.74 Å². The lowest BCUT2D eigenvalue weighted by Gasteiger charge is -2.39. The maximum Gasteiger partial charge on any atom is 0.264 e. The molecule has 0 saturated heterocycles. The van der Waals surface area contributed by atoms with Gasteiger partial charge in [0.25, 0.3) is 10.0 Å². The summed E-state index contributed by atoms with van der Waals surface area (Å²) in [6.07, 6.45) is 0.791. The lowest BCUT2D eigenvalue weighted by Crippen LogP contribution is -2.40. The summed E-state index contributed by atoms with van der Waals surface area (Å²) < 4.78 is 32.7. The fourth-order valence-electron chi connectivity index (χ4n) is 3.02. The Morgan fingerprint density at radius 3 is 2.35 bits per heavy atom. The standard InChI is InChI=1S/C18H21NO3S/c1-18(2)12-13-19(17-7-5-4-6-16(17)18)23(20,21)15-10-8-14(22-3)9-11-15/h4-11H,12-13H2,1-3H3. The Hall–Kier alpha value is -2.01. The van der Waals surface area contributed by atoms with E-state index < -0.39 is 10.0 Å². The van der Waals surface area contributed by atoms with Crippen molar-refractivity contribution >= 4 is 15.7 Å². The van der Waals surface area contributed by atoms with Crippen LogP contribution in [0.3, 0.4) is 0 Å². The number of anilines is 1. The fourth-order valence-corrected chi connectivity index (χ4v) is 4.51. The second-order valence-corrected chi connectivity index (χ2v) is 8.27. The molecule has 0 N–H and O–H groups in total. The number of hydrogen-bond donors (Lipinski definition) is 0. The number of fused-ring (bicyclic) bond motifs is 1. The summed E-state index contributed by atoms with van der Waals surface area (Å²) >= 11 is 0. The van der Waals surface area contributed by atoms with Crippen LogP contribution in [0.4, 0.5) is 5.69 Å². The van der Waals surface area contributed by atoms with Gasteiger partial charge in [-0.15, -0.1) is 0 Å². The van der Waals surface area contributed by atoms with Crippen LogP contribution in [0.1, 0.15) is 25.8 Å². The third-order valence-electron chi connectivity index (χ3n) is 4.49. The molecule has 3 rings (SSSR count). The van der Waals surface area contributed by atoms with Crippen molar-refractivity contribution in [1.29, 1.82) is 0 Å². The van der Waals surface area contributed by atoms with Gasteiger partial charge in [0.2, 0.25) is 0 Å². The van der Waals surface area contributed by atoms with Crippen LogP contribution in [0, 0.1) is 0 Å². The van der Waals surface area contributed by atoms with Crippen LogP contribution in [0.5, 0.6) is 5.75 Å². The van der Waals surface area contributed by atoms with Crippen LogP contribution in [0.2, 0.25) is 0 Å². The lowest BCUT2D eigenvalue weighted by molar-refractivity contribution is 0.414. The first-order valence-electron chi connectivity index (χ1n) is 7.62. The van der Waals surface area contributed by atoms with Crippen LogP contribution in [0.15, 0.2) is 53.4 Å². The van der Waals surface area contributed by atoms with Crippen LogP contribution in [-0.4, -0.2) is 22.1 Å². The molecule has 1 aliphatic heterocycles. The van der Waals surface area contributed by atoms with Crippen LogP contribution >= 0.6 is 0 Å².